The van der Waals surface area contributed by atoms with Gasteiger partial charge in [0.25, 0.3) is 5.92 Å². The van der Waals surface area contributed by atoms with Gasteiger partial charge in [-0.3, -0.25) is 0 Å². The van der Waals surface area contributed by atoms with E-state index >= 15 is 0 Å². The summed E-state index contributed by atoms with van der Waals surface area (Å²) in [6.45, 7) is 0.657. The van der Waals surface area contributed by atoms with E-state index in [1.165, 1.54) is 17.7 Å². The summed E-state index contributed by atoms with van der Waals surface area (Å²) in [4.78, 5) is 0. The smallest absolute Gasteiger partial charge is 0.295 e. The third-order valence-electron chi connectivity index (χ3n) is 5.77. The van der Waals surface area contributed by atoms with E-state index in [2.05, 4.69) is 27.7 Å². The van der Waals surface area contributed by atoms with Crippen molar-refractivity contribution in [1.29, 1.82) is 0 Å². The lowest BCUT2D eigenvalue weighted by Crippen LogP contribution is -2.19. The van der Waals surface area contributed by atoms with Crippen LogP contribution >= 0.6 is 0 Å². The Morgan fingerprint density at radius 2 is 2.06 bits per heavy atom. The third-order valence-corrected chi connectivity index (χ3v) is 5.77. The van der Waals surface area contributed by atoms with Crippen LogP contribution in [-0.4, -0.2) is 33.1 Å². The number of allylic oxidation sites excluding steroid dienone is 1. The molecule has 0 amide bonds. The normalized spacial score (nSPS) is 18.0. The molecule has 162 valence electrons. The van der Waals surface area contributed by atoms with Crippen molar-refractivity contribution in [1.82, 2.24) is 10.2 Å². The molecule has 1 aliphatic carbocycles. The molecule has 0 radical (unpaired) electrons. The van der Waals surface area contributed by atoms with E-state index in [-0.39, 0.29) is 17.7 Å². The highest BCUT2D eigenvalue weighted by Crippen LogP contribution is 2.33. The molecule has 0 fully saturated rings. The van der Waals surface area contributed by atoms with Crippen LogP contribution in [0.2, 0.25) is 0 Å². The molecule has 0 saturated carbocycles. The van der Waals surface area contributed by atoms with Gasteiger partial charge in [0.1, 0.15) is 6.61 Å². The molecule has 1 aliphatic rings. The van der Waals surface area contributed by atoms with Crippen molar-refractivity contribution in [3.63, 3.8) is 0 Å². The van der Waals surface area contributed by atoms with Crippen molar-refractivity contribution in [2.75, 3.05) is 11.9 Å². The molecule has 1 aromatic heterocycles. The Balaban J connectivity index is 1.64. The first kappa shape index (κ1) is 21.3. The van der Waals surface area contributed by atoms with E-state index in [1.807, 2.05) is 19.1 Å². The molecule has 3 N–H and O–H groups in total. The van der Waals surface area contributed by atoms with Gasteiger partial charge in [0.2, 0.25) is 0 Å². The van der Waals surface area contributed by atoms with Crippen molar-refractivity contribution in [2.24, 2.45) is 0 Å². The molecule has 5 nitrogen and oxygen atoms in total. The Bertz CT molecular complexity index is 1120. The van der Waals surface area contributed by atoms with Gasteiger partial charge in [-0.05, 0) is 61.1 Å². The maximum Gasteiger partial charge on any atom is 0.295 e. The number of halogens is 2. The first-order valence-corrected chi connectivity index (χ1v) is 10.4. The molecule has 7 heteroatoms. The average Bonchev–Trinajstić information content (AvgIpc) is 2.79. The SMILES string of the molecule is C[C@@H](Nc1cnnc2ccc(C3=CCC(O)CC3)cc12)c1cccc(C(F)(F)CO)c1. The molecule has 2 atom stereocenters. The topological polar surface area (TPSA) is 78.3 Å². The summed E-state index contributed by atoms with van der Waals surface area (Å²) < 4.78 is 27.8. The van der Waals surface area contributed by atoms with Gasteiger partial charge < -0.3 is 15.5 Å². The van der Waals surface area contributed by atoms with Crippen LogP contribution in [0.4, 0.5) is 14.5 Å². The lowest BCUT2D eigenvalue weighted by atomic mass is 9.91. The summed E-state index contributed by atoms with van der Waals surface area (Å²) in [6.07, 6.45) is 5.65. The van der Waals surface area contributed by atoms with Gasteiger partial charge in [0.05, 0.1) is 23.5 Å². The van der Waals surface area contributed by atoms with Crippen LogP contribution in [0.3, 0.4) is 0 Å². The molecule has 31 heavy (non-hydrogen) atoms. The first-order valence-electron chi connectivity index (χ1n) is 10.4. The molecule has 0 spiro atoms. The fourth-order valence-corrected chi connectivity index (χ4v) is 3.90. The van der Waals surface area contributed by atoms with Crippen molar-refractivity contribution in [2.45, 2.75) is 44.3 Å². The maximum atomic E-state index is 13.9. The van der Waals surface area contributed by atoms with Gasteiger partial charge in [-0.1, -0.05) is 30.3 Å². The number of hydrogen-bond acceptors (Lipinski definition) is 5. The van der Waals surface area contributed by atoms with E-state index in [0.29, 0.717) is 12.0 Å². The van der Waals surface area contributed by atoms with Crippen LogP contribution in [0.15, 0.2) is 54.7 Å². The molecule has 3 aromatic rings. The largest absolute Gasteiger partial charge is 0.393 e. The lowest BCUT2D eigenvalue weighted by Gasteiger charge is -2.20. The van der Waals surface area contributed by atoms with E-state index in [9.17, 15) is 13.9 Å². The second-order valence-electron chi connectivity index (χ2n) is 8.00. The average molecular weight is 425 g/mol. The summed E-state index contributed by atoms with van der Waals surface area (Å²) in [6, 6.07) is 11.8. The Morgan fingerprint density at radius 3 is 2.81 bits per heavy atom. The van der Waals surface area contributed by atoms with E-state index < -0.39 is 12.5 Å². The fourth-order valence-electron chi connectivity index (χ4n) is 3.90. The molecule has 0 saturated heterocycles. The molecular formula is C24H25F2N3O2. The van der Waals surface area contributed by atoms with Gasteiger partial charge >= 0.3 is 0 Å². The Labute approximate surface area is 179 Å². The van der Waals surface area contributed by atoms with E-state index in [0.717, 1.165) is 35.0 Å². The van der Waals surface area contributed by atoms with E-state index in [4.69, 9.17) is 5.11 Å². The maximum absolute atomic E-state index is 13.9. The van der Waals surface area contributed by atoms with Crippen LogP contribution < -0.4 is 5.32 Å². The van der Waals surface area contributed by atoms with Crippen molar-refractivity contribution in [3.8, 4) is 0 Å². The zero-order valence-electron chi connectivity index (χ0n) is 17.2. The summed E-state index contributed by atoms with van der Waals surface area (Å²) >= 11 is 0. The lowest BCUT2D eigenvalue weighted by molar-refractivity contribution is -0.0556. The molecule has 1 unspecified atom stereocenters. The van der Waals surface area contributed by atoms with E-state index in [1.54, 1.807) is 18.3 Å². The Morgan fingerprint density at radius 1 is 1.23 bits per heavy atom. The second kappa shape index (κ2) is 8.69. The highest BCUT2D eigenvalue weighted by Gasteiger charge is 2.30. The van der Waals surface area contributed by atoms with Gasteiger partial charge in [0, 0.05) is 17.0 Å². The highest BCUT2D eigenvalue weighted by molar-refractivity contribution is 5.93. The van der Waals surface area contributed by atoms with Crippen molar-refractivity contribution < 1.29 is 19.0 Å². The Hall–Kier alpha value is -2.90. The first-order chi connectivity index (χ1) is 14.9. The van der Waals surface area contributed by atoms with Gasteiger partial charge in [-0.25, -0.2) is 0 Å². The minimum absolute atomic E-state index is 0.215. The number of nitrogens with zero attached hydrogens (tertiary/aromatic N) is 2. The van der Waals surface area contributed by atoms with Crippen molar-refractivity contribution in [3.05, 3.63) is 71.4 Å². The van der Waals surface area contributed by atoms with Crippen molar-refractivity contribution >= 4 is 22.2 Å². The second-order valence-corrected chi connectivity index (χ2v) is 8.00. The number of alkyl halides is 2. The van der Waals surface area contributed by atoms with Crippen LogP contribution in [0.1, 0.15) is 48.9 Å². The number of rotatable bonds is 6. The van der Waals surface area contributed by atoms with Crippen LogP contribution in [-0.2, 0) is 5.92 Å². The van der Waals surface area contributed by atoms with Gasteiger partial charge in [-0.2, -0.15) is 19.0 Å². The highest BCUT2D eigenvalue weighted by atomic mass is 19.3. The number of hydrogen-bond donors (Lipinski definition) is 3. The zero-order chi connectivity index (χ0) is 22.0. The summed E-state index contributed by atoms with van der Waals surface area (Å²) in [7, 11) is 0. The molecule has 0 bridgehead atoms. The number of benzene rings is 2. The molecular weight excluding hydrogens is 400 g/mol. The molecule has 1 heterocycles. The number of aliphatic hydroxyl groups is 2. The third kappa shape index (κ3) is 4.57. The quantitative estimate of drug-likeness (QED) is 0.528. The summed E-state index contributed by atoms with van der Waals surface area (Å²) in [5.41, 5.74) is 4.23. The predicted octanol–water partition coefficient (Wildman–Crippen LogP) is 4.82. The van der Waals surface area contributed by atoms with Gasteiger partial charge in [-0.15, -0.1) is 0 Å². The standard InChI is InChI=1S/C24H25F2N3O2/c1-15(17-3-2-4-19(11-17)24(25,26)14-30)28-23-13-27-29-22-10-7-18(12-21(22)23)16-5-8-20(31)9-6-16/h2-5,7,10-13,15,20,30-31H,6,8-9,14H2,1H3,(H,28,29)/t15-,20?/m1/s1. The molecule has 2 aromatic carbocycles. The Kier molecular flexibility index (Phi) is 5.98. The summed E-state index contributed by atoms with van der Waals surface area (Å²) in [5, 5.41) is 31.3. The van der Waals surface area contributed by atoms with Crippen LogP contribution in [0.5, 0.6) is 0 Å². The number of anilines is 1. The number of fused-ring (bicyclic) bond motifs is 1. The monoisotopic (exact) mass is 425 g/mol. The van der Waals surface area contributed by atoms with Crippen LogP contribution in [0.25, 0.3) is 16.5 Å². The number of nitrogens with one attached hydrogen (secondary N) is 1. The summed E-state index contributed by atoms with van der Waals surface area (Å²) in [5.74, 6) is -3.28. The van der Waals surface area contributed by atoms with Gasteiger partial charge in [0.15, 0.2) is 0 Å². The number of aliphatic hydroxyl groups excluding tert-OH is 2. The predicted molar refractivity (Wildman–Crippen MR) is 117 cm³/mol. The minimum atomic E-state index is -3.28. The zero-order valence-corrected chi connectivity index (χ0v) is 17.2. The fraction of sp³-hybridized carbons (Fsp3) is 0.333. The molecule has 0 aliphatic heterocycles. The number of aromatic nitrogens is 2. The van der Waals surface area contributed by atoms with Crippen LogP contribution in [0, 0.1) is 0 Å². The minimum Gasteiger partial charge on any atom is -0.393 e. The molecule has 4 rings (SSSR count).